The highest BCUT2D eigenvalue weighted by atomic mass is 16.5. The third-order valence-electron chi connectivity index (χ3n) is 4.72. The molecule has 29 heavy (non-hydrogen) atoms. The van der Waals surface area contributed by atoms with E-state index in [1.807, 2.05) is 37.3 Å². The molecule has 0 unspecified atom stereocenters. The summed E-state index contributed by atoms with van der Waals surface area (Å²) < 4.78 is 5.63. The fourth-order valence-electron chi connectivity index (χ4n) is 3.15. The Labute approximate surface area is 171 Å². The van der Waals surface area contributed by atoms with Gasteiger partial charge in [-0.3, -0.25) is 4.90 Å². The highest BCUT2D eigenvalue weighted by Crippen LogP contribution is 2.21. The molecule has 0 bridgehead atoms. The normalized spacial score (nSPS) is 13.6. The van der Waals surface area contributed by atoms with E-state index in [9.17, 15) is 9.59 Å². The van der Waals surface area contributed by atoms with Gasteiger partial charge >= 0.3 is 12.1 Å². The number of hydrogen-bond donors (Lipinski definition) is 3. The number of urea groups is 2. The quantitative estimate of drug-likeness (QED) is 0.661. The fourth-order valence-corrected chi connectivity index (χ4v) is 3.15. The molecule has 2 aromatic carbocycles. The number of hydrogen-bond acceptors (Lipinski definition) is 3. The lowest BCUT2D eigenvalue weighted by molar-refractivity contribution is 0.243. The number of nitrogens with one attached hydrogen (secondary N) is 3. The van der Waals surface area contributed by atoms with Gasteiger partial charge in [-0.15, -0.1) is 0 Å². The average Bonchev–Trinajstić information content (AvgIpc) is 2.72. The molecular weight excluding hydrogens is 368 g/mol. The Morgan fingerprint density at radius 3 is 2.86 bits per heavy atom. The highest BCUT2D eigenvalue weighted by molar-refractivity contribution is 5.94. The molecule has 0 atom stereocenters. The maximum absolute atomic E-state index is 12.3. The molecule has 3 rings (SSSR count). The van der Waals surface area contributed by atoms with E-state index in [0.717, 1.165) is 35.4 Å². The zero-order chi connectivity index (χ0) is 20.6. The van der Waals surface area contributed by atoms with Gasteiger partial charge in [0, 0.05) is 31.0 Å². The van der Waals surface area contributed by atoms with Crippen LogP contribution in [0.25, 0.3) is 0 Å². The van der Waals surface area contributed by atoms with Crippen LogP contribution in [0.2, 0.25) is 0 Å². The summed E-state index contributed by atoms with van der Waals surface area (Å²) in [6.07, 6.45) is 1.86. The van der Waals surface area contributed by atoms with Crippen LogP contribution in [0.5, 0.6) is 5.75 Å². The number of carbonyl (C=O) groups is 2. The molecule has 1 fully saturated rings. The summed E-state index contributed by atoms with van der Waals surface area (Å²) in [5.41, 5.74) is 3.50. The van der Waals surface area contributed by atoms with Gasteiger partial charge in [0.2, 0.25) is 0 Å². The van der Waals surface area contributed by atoms with Crippen molar-refractivity contribution in [3.8, 4) is 5.75 Å². The Morgan fingerprint density at radius 2 is 2.10 bits per heavy atom. The second kappa shape index (κ2) is 9.82. The lowest BCUT2D eigenvalue weighted by atomic mass is 10.1. The Bertz CT molecular complexity index is 869. The zero-order valence-electron chi connectivity index (χ0n) is 17.0. The molecule has 3 N–H and O–H groups in total. The van der Waals surface area contributed by atoms with Crippen LogP contribution in [0.4, 0.5) is 21.0 Å². The van der Waals surface area contributed by atoms with E-state index < -0.39 is 0 Å². The molecule has 1 aliphatic rings. The monoisotopic (exact) mass is 396 g/mol. The number of nitrogens with zero attached hydrogens (tertiary/aromatic N) is 1. The van der Waals surface area contributed by atoms with E-state index in [-0.39, 0.29) is 12.1 Å². The minimum absolute atomic E-state index is 0.111. The van der Waals surface area contributed by atoms with Crippen LogP contribution in [0.1, 0.15) is 30.9 Å². The van der Waals surface area contributed by atoms with Gasteiger partial charge in [-0.25, -0.2) is 9.59 Å². The first kappa shape index (κ1) is 20.5. The van der Waals surface area contributed by atoms with Gasteiger partial charge in [0.1, 0.15) is 5.75 Å². The van der Waals surface area contributed by atoms with Gasteiger partial charge in [0.25, 0.3) is 0 Å². The number of ether oxygens (including phenoxy) is 1. The molecular formula is C22H28N4O3. The first-order valence-electron chi connectivity index (χ1n) is 9.99. The van der Waals surface area contributed by atoms with Crippen molar-refractivity contribution in [3.63, 3.8) is 0 Å². The Kier molecular flexibility index (Phi) is 6.94. The summed E-state index contributed by atoms with van der Waals surface area (Å²) in [5, 5.41) is 8.54. The topological polar surface area (TPSA) is 82.7 Å². The smallest absolute Gasteiger partial charge is 0.321 e. The Morgan fingerprint density at radius 1 is 1.24 bits per heavy atom. The number of benzene rings is 2. The van der Waals surface area contributed by atoms with Gasteiger partial charge < -0.3 is 20.7 Å². The largest absolute Gasteiger partial charge is 0.494 e. The molecule has 7 heteroatoms. The number of anilines is 2. The lowest BCUT2D eigenvalue weighted by Crippen LogP contribution is -2.46. The van der Waals surface area contributed by atoms with Crippen molar-refractivity contribution in [2.45, 2.75) is 33.2 Å². The summed E-state index contributed by atoms with van der Waals surface area (Å²) in [7, 11) is 0. The van der Waals surface area contributed by atoms with Crippen molar-refractivity contribution >= 4 is 23.4 Å². The zero-order valence-corrected chi connectivity index (χ0v) is 17.0. The van der Waals surface area contributed by atoms with Crippen molar-refractivity contribution in [2.75, 3.05) is 29.9 Å². The van der Waals surface area contributed by atoms with Crippen LogP contribution in [0, 0.1) is 6.92 Å². The molecule has 0 aromatic heterocycles. The van der Waals surface area contributed by atoms with Crippen molar-refractivity contribution in [2.24, 2.45) is 0 Å². The predicted octanol–water partition coefficient (Wildman–Crippen LogP) is 4.03. The minimum Gasteiger partial charge on any atom is -0.494 e. The fraction of sp³-hybridized carbons (Fsp3) is 0.364. The molecule has 154 valence electrons. The highest BCUT2D eigenvalue weighted by Gasteiger charge is 2.19. The minimum atomic E-state index is -0.295. The van der Waals surface area contributed by atoms with Crippen molar-refractivity contribution in [3.05, 3.63) is 53.6 Å². The number of rotatable bonds is 7. The van der Waals surface area contributed by atoms with E-state index >= 15 is 0 Å². The van der Waals surface area contributed by atoms with Crippen LogP contribution < -0.4 is 25.6 Å². The van der Waals surface area contributed by atoms with E-state index in [0.29, 0.717) is 31.9 Å². The number of aryl methyl sites for hydroxylation is 1. The molecule has 0 radical (unpaired) electrons. The van der Waals surface area contributed by atoms with E-state index in [1.165, 1.54) is 0 Å². The van der Waals surface area contributed by atoms with Crippen LogP contribution in [-0.2, 0) is 6.54 Å². The molecule has 7 nitrogen and oxygen atoms in total. The molecule has 1 aliphatic heterocycles. The summed E-state index contributed by atoms with van der Waals surface area (Å²) in [5.74, 6) is 0.844. The predicted molar refractivity (Wildman–Crippen MR) is 115 cm³/mol. The van der Waals surface area contributed by atoms with Crippen LogP contribution in [-0.4, -0.2) is 31.8 Å². The van der Waals surface area contributed by atoms with Crippen LogP contribution >= 0.6 is 0 Å². The first-order valence-corrected chi connectivity index (χ1v) is 9.99. The number of amides is 4. The lowest BCUT2D eigenvalue weighted by Gasteiger charge is -2.27. The maximum Gasteiger partial charge on any atom is 0.321 e. The SMILES string of the molecule is CCCOc1ccc(CNC(=O)Nc2cccc(N3CCCNC3=O)c2)c(C)c1. The Balaban J connectivity index is 1.56. The summed E-state index contributed by atoms with van der Waals surface area (Å²) in [6, 6.07) is 12.8. The van der Waals surface area contributed by atoms with Crippen molar-refractivity contribution in [1.29, 1.82) is 0 Å². The van der Waals surface area contributed by atoms with E-state index in [1.54, 1.807) is 17.0 Å². The first-order chi connectivity index (χ1) is 14.1. The third-order valence-corrected chi connectivity index (χ3v) is 4.72. The van der Waals surface area contributed by atoms with Crippen LogP contribution in [0.15, 0.2) is 42.5 Å². The molecule has 2 aromatic rings. The molecule has 0 aliphatic carbocycles. The Hall–Kier alpha value is -3.22. The average molecular weight is 396 g/mol. The number of carbonyl (C=O) groups excluding carboxylic acids is 2. The standard InChI is InChI=1S/C22H28N4O3/c1-3-12-29-20-9-8-17(16(2)13-20)15-24-21(27)25-18-6-4-7-19(14-18)26-11-5-10-23-22(26)28/h4,6-9,13-14H,3,5,10-12,15H2,1-2H3,(H,23,28)(H2,24,25,27). The van der Waals surface area contributed by atoms with Crippen molar-refractivity contribution < 1.29 is 14.3 Å². The molecule has 1 heterocycles. The van der Waals surface area contributed by atoms with Gasteiger partial charge in [-0.1, -0.05) is 19.1 Å². The second-order valence-corrected chi connectivity index (χ2v) is 7.03. The van der Waals surface area contributed by atoms with E-state index in [4.69, 9.17) is 4.74 Å². The summed E-state index contributed by atoms with van der Waals surface area (Å²) >= 11 is 0. The molecule has 0 spiro atoms. The van der Waals surface area contributed by atoms with E-state index in [2.05, 4.69) is 22.9 Å². The summed E-state index contributed by atoms with van der Waals surface area (Å²) in [4.78, 5) is 26.0. The van der Waals surface area contributed by atoms with Crippen LogP contribution in [0.3, 0.4) is 0 Å². The van der Waals surface area contributed by atoms with Gasteiger partial charge in [-0.2, -0.15) is 0 Å². The second-order valence-electron chi connectivity index (χ2n) is 7.03. The van der Waals surface area contributed by atoms with Gasteiger partial charge in [0.05, 0.1) is 6.61 Å². The molecule has 1 saturated heterocycles. The molecule has 0 saturated carbocycles. The van der Waals surface area contributed by atoms with Gasteiger partial charge in [-0.05, 0) is 61.2 Å². The third kappa shape index (κ3) is 5.63. The van der Waals surface area contributed by atoms with Crippen molar-refractivity contribution in [1.82, 2.24) is 10.6 Å². The molecule has 4 amide bonds. The maximum atomic E-state index is 12.3. The summed E-state index contributed by atoms with van der Waals surface area (Å²) in [6.45, 7) is 6.54. The van der Waals surface area contributed by atoms with Gasteiger partial charge in [0.15, 0.2) is 0 Å².